The first-order chi connectivity index (χ1) is 6.51. The lowest BCUT2D eigenvalue weighted by atomic mass is 10.3. The molecule has 1 aromatic rings. The fourth-order valence-corrected chi connectivity index (χ4v) is 0.821. The zero-order valence-corrected chi connectivity index (χ0v) is 6.84. The molecule has 0 fully saturated rings. The van der Waals surface area contributed by atoms with Gasteiger partial charge in [0.2, 0.25) is 6.41 Å². The SMILES string of the molecule is O=CNc1ccc(OC(F)(F)F)cc1. The highest BCUT2D eigenvalue weighted by molar-refractivity contribution is 5.71. The van der Waals surface area contributed by atoms with Gasteiger partial charge in [-0.15, -0.1) is 13.2 Å². The van der Waals surface area contributed by atoms with Crippen LogP contribution in [0.4, 0.5) is 18.9 Å². The number of anilines is 1. The van der Waals surface area contributed by atoms with Gasteiger partial charge in [0.15, 0.2) is 0 Å². The Morgan fingerprint density at radius 1 is 1.21 bits per heavy atom. The third kappa shape index (κ3) is 3.34. The van der Waals surface area contributed by atoms with Crippen molar-refractivity contribution in [2.75, 3.05) is 5.32 Å². The molecular formula is C8H6F3NO2. The molecule has 0 saturated carbocycles. The Hall–Kier alpha value is -1.72. The molecule has 1 rings (SSSR count). The fourth-order valence-electron chi connectivity index (χ4n) is 0.821. The first-order valence-electron chi connectivity index (χ1n) is 3.57. The average Bonchev–Trinajstić information content (AvgIpc) is 2.06. The molecule has 0 heterocycles. The van der Waals surface area contributed by atoms with Gasteiger partial charge in [0, 0.05) is 5.69 Å². The number of benzene rings is 1. The van der Waals surface area contributed by atoms with E-state index >= 15 is 0 Å². The third-order valence-corrected chi connectivity index (χ3v) is 1.31. The molecule has 0 aliphatic carbocycles. The van der Waals surface area contributed by atoms with E-state index in [1.165, 1.54) is 12.1 Å². The quantitative estimate of drug-likeness (QED) is 0.768. The van der Waals surface area contributed by atoms with Crippen LogP contribution in [0.5, 0.6) is 5.75 Å². The molecule has 0 radical (unpaired) electrons. The van der Waals surface area contributed by atoms with E-state index in [2.05, 4.69) is 10.1 Å². The molecule has 0 aliphatic rings. The molecule has 0 atom stereocenters. The standard InChI is InChI=1S/C8H6F3NO2/c9-8(10,11)14-7-3-1-6(2-4-7)12-5-13/h1-5H,(H,12,13). The van der Waals surface area contributed by atoms with Crippen molar-refractivity contribution >= 4 is 12.1 Å². The van der Waals surface area contributed by atoms with E-state index in [0.717, 1.165) is 12.1 Å². The highest BCUT2D eigenvalue weighted by Crippen LogP contribution is 2.23. The van der Waals surface area contributed by atoms with Gasteiger partial charge in [0.05, 0.1) is 0 Å². The summed E-state index contributed by atoms with van der Waals surface area (Å²) in [6.45, 7) is 0. The second-order valence-electron chi connectivity index (χ2n) is 2.33. The smallest absolute Gasteiger partial charge is 0.406 e. The largest absolute Gasteiger partial charge is 0.573 e. The minimum Gasteiger partial charge on any atom is -0.406 e. The van der Waals surface area contributed by atoms with Gasteiger partial charge in [-0.1, -0.05) is 0 Å². The number of ether oxygens (including phenoxy) is 1. The van der Waals surface area contributed by atoms with Gasteiger partial charge in [-0.05, 0) is 24.3 Å². The number of amides is 1. The summed E-state index contributed by atoms with van der Waals surface area (Å²) in [4.78, 5) is 9.97. The molecule has 0 unspecified atom stereocenters. The van der Waals surface area contributed by atoms with Gasteiger partial charge in [0.25, 0.3) is 0 Å². The minimum atomic E-state index is -4.69. The molecule has 0 spiro atoms. The Balaban J connectivity index is 2.68. The van der Waals surface area contributed by atoms with E-state index in [9.17, 15) is 18.0 Å². The minimum absolute atomic E-state index is 0.325. The van der Waals surface area contributed by atoms with E-state index < -0.39 is 6.36 Å². The molecule has 76 valence electrons. The maximum Gasteiger partial charge on any atom is 0.573 e. The highest BCUT2D eigenvalue weighted by atomic mass is 19.4. The van der Waals surface area contributed by atoms with Crippen LogP contribution in [0.25, 0.3) is 0 Å². The van der Waals surface area contributed by atoms with Crippen molar-refractivity contribution in [1.82, 2.24) is 0 Å². The lowest BCUT2D eigenvalue weighted by Crippen LogP contribution is -2.17. The Labute approximate surface area is 77.5 Å². The molecule has 0 saturated heterocycles. The Kier molecular flexibility index (Phi) is 2.95. The molecule has 3 nitrogen and oxygen atoms in total. The van der Waals surface area contributed by atoms with Gasteiger partial charge in [0.1, 0.15) is 5.75 Å². The van der Waals surface area contributed by atoms with Crippen molar-refractivity contribution < 1.29 is 22.7 Å². The lowest BCUT2D eigenvalue weighted by Gasteiger charge is -2.08. The second kappa shape index (κ2) is 3.99. The van der Waals surface area contributed by atoms with Crippen LogP contribution in [-0.4, -0.2) is 12.8 Å². The molecular weight excluding hydrogens is 199 g/mol. The molecule has 0 aromatic heterocycles. The normalized spacial score (nSPS) is 10.8. The van der Waals surface area contributed by atoms with E-state index in [-0.39, 0.29) is 5.75 Å². The van der Waals surface area contributed by atoms with Crippen molar-refractivity contribution in [3.8, 4) is 5.75 Å². The molecule has 1 N–H and O–H groups in total. The summed E-state index contributed by atoms with van der Waals surface area (Å²) in [5, 5.41) is 2.28. The van der Waals surface area contributed by atoms with Crippen LogP contribution >= 0.6 is 0 Å². The summed E-state index contributed by atoms with van der Waals surface area (Å²) in [7, 11) is 0. The number of carbonyl (C=O) groups excluding carboxylic acids is 1. The predicted molar refractivity (Wildman–Crippen MR) is 42.8 cm³/mol. The predicted octanol–water partition coefficient (Wildman–Crippen LogP) is 2.15. The van der Waals surface area contributed by atoms with Crippen molar-refractivity contribution in [1.29, 1.82) is 0 Å². The number of nitrogens with one attached hydrogen (secondary N) is 1. The third-order valence-electron chi connectivity index (χ3n) is 1.31. The summed E-state index contributed by atoms with van der Waals surface area (Å²) < 4.78 is 38.7. The van der Waals surface area contributed by atoms with Crippen LogP contribution < -0.4 is 10.1 Å². The first-order valence-corrected chi connectivity index (χ1v) is 3.57. The maximum atomic E-state index is 11.7. The molecule has 0 bridgehead atoms. The summed E-state index contributed by atoms with van der Waals surface area (Å²) >= 11 is 0. The van der Waals surface area contributed by atoms with E-state index in [1.807, 2.05) is 0 Å². The number of alkyl halides is 3. The first kappa shape index (κ1) is 10.4. The van der Waals surface area contributed by atoms with Crippen molar-refractivity contribution in [3.63, 3.8) is 0 Å². The Bertz CT molecular complexity index is 307. The molecule has 6 heteroatoms. The van der Waals surface area contributed by atoms with Crippen LogP contribution in [0.3, 0.4) is 0 Å². The molecule has 0 aliphatic heterocycles. The maximum absolute atomic E-state index is 11.7. The van der Waals surface area contributed by atoms with Gasteiger partial charge < -0.3 is 10.1 Å². The zero-order chi connectivity index (χ0) is 10.6. The van der Waals surface area contributed by atoms with Gasteiger partial charge in [-0.3, -0.25) is 4.79 Å². The highest BCUT2D eigenvalue weighted by Gasteiger charge is 2.30. The van der Waals surface area contributed by atoms with Gasteiger partial charge in [-0.25, -0.2) is 0 Å². The van der Waals surface area contributed by atoms with E-state index in [4.69, 9.17) is 0 Å². The van der Waals surface area contributed by atoms with Gasteiger partial charge in [-0.2, -0.15) is 0 Å². The number of halogens is 3. The average molecular weight is 205 g/mol. The number of hydrogen-bond acceptors (Lipinski definition) is 2. The van der Waals surface area contributed by atoms with Crippen molar-refractivity contribution in [2.24, 2.45) is 0 Å². The lowest BCUT2D eigenvalue weighted by molar-refractivity contribution is -0.274. The van der Waals surface area contributed by atoms with Crippen LogP contribution in [0.15, 0.2) is 24.3 Å². The van der Waals surface area contributed by atoms with E-state index in [0.29, 0.717) is 12.1 Å². The number of carbonyl (C=O) groups is 1. The topological polar surface area (TPSA) is 38.3 Å². The molecule has 1 aromatic carbocycles. The zero-order valence-electron chi connectivity index (χ0n) is 6.84. The van der Waals surface area contributed by atoms with Crippen molar-refractivity contribution in [2.45, 2.75) is 6.36 Å². The monoisotopic (exact) mass is 205 g/mol. The van der Waals surface area contributed by atoms with Crippen molar-refractivity contribution in [3.05, 3.63) is 24.3 Å². The van der Waals surface area contributed by atoms with Crippen LogP contribution in [0.1, 0.15) is 0 Å². The Morgan fingerprint density at radius 3 is 2.21 bits per heavy atom. The number of hydrogen-bond donors (Lipinski definition) is 1. The fraction of sp³-hybridized carbons (Fsp3) is 0.125. The summed E-state index contributed by atoms with van der Waals surface area (Å²) in [5.74, 6) is -0.325. The Morgan fingerprint density at radius 2 is 1.79 bits per heavy atom. The van der Waals surface area contributed by atoms with Crippen LogP contribution in [0, 0.1) is 0 Å². The van der Waals surface area contributed by atoms with E-state index in [1.54, 1.807) is 0 Å². The summed E-state index contributed by atoms with van der Waals surface area (Å²) in [5.41, 5.74) is 0.398. The van der Waals surface area contributed by atoms with Crippen LogP contribution in [-0.2, 0) is 4.79 Å². The second-order valence-corrected chi connectivity index (χ2v) is 2.33. The number of rotatable bonds is 3. The van der Waals surface area contributed by atoms with Crippen LogP contribution in [0.2, 0.25) is 0 Å². The van der Waals surface area contributed by atoms with Gasteiger partial charge >= 0.3 is 6.36 Å². The summed E-state index contributed by atoms with van der Waals surface area (Å²) in [6, 6.07) is 4.82. The molecule has 1 amide bonds. The summed E-state index contributed by atoms with van der Waals surface area (Å²) in [6.07, 6.45) is -4.26. The molecule has 14 heavy (non-hydrogen) atoms.